The Morgan fingerprint density at radius 3 is 2.48 bits per heavy atom. The molecule has 0 amide bonds. The number of nitriles is 1. The summed E-state index contributed by atoms with van der Waals surface area (Å²) in [5.41, 5.74) is -1.50. The second kappa shape index (κ2) is 6.97. The smallest absolute Gasteiger partial charge is 0.381 e. The second-order valence-corrected chi connectivity index (χ2v) is 6.30. The molecule has 0 spiro atoms. The highest BCUT2D eigenvalue weighted by Crippen LogP contribution is 2.60. The Kier molecular flexibility index (Phi) is 5.50. The molecule has 0 radical (unpaired) electrons. The minimum Gasteiger partial charge on any atom is -0.381 e. The van der Waals surface area contributed by atoms with E-state index < -0.39 is 17.6 Å². The Labute approximate surface area is 123 Å². The van der Waals surface area contributed by atoms with Gasteiger partial charge in [0, 0.05) is 13.2 Å². The zero-order valence-corrected chi connectivity index (χ0v) is 12.2. The highest BCUT2D eigenvalue weighted by molar-refractivity contribution is 5.01. The van der Waals surface area contributed by atoms with E-state index >= 15 is 0 Å². The maximum atomic E-state index is 12.8. The molecule has 2 fully saturated rings. The zero-order chi connectivity index (χ0) is 15.3. The Balaban J connectivity index is 1.65. The van der Waals surface area contributed by atoms with Crippen LogP contribution in [0.4, 0.5) is 13.2 Å². The fourth-order valence-corrected chi connectivity index (χ4v) is 2.96. The van der Waals surface area contributed by atoms with E-state index in [1.54, 1.807) is 0 Å². The molecule has 1 aliphatic heterocycles. The van der Waals surface area contributed by atoms with Crippen LogP contribution >= 0.6 is 0 Å². The number of nitrogens with one attached hydrogen (secondary N) is 1. The third-order valence-electron chi connectivity index (χ3n) is 4.81. The number of ether oxygens (including phenoxy) is 1. The quantitative estimate of drug-likeness (QED) is 0.784. The van der Waals surface area contributed by atoms with E-state index in [4.69, 9.17) is 10.00 Å². The number of halogens is 3. The molecule has 1 atom stereocenters. The first kappa shape index (κ1) is 16.6. The van der Waals surface area contributed by atoms with Gasteiger partial charge < -0.3 is 10.1 Å². The van der Waals surface area contributed by atoms with Crippen molar-refractivity contribution >= 4 is 0 Å². The average molecular weight is 304 g/mol. The fourth-order valence-electron chi connectivity index (χ4n) is 2.96. The van der Waals surface area contributed by atoms with Crippen LogP contribution in [0.3, 0.4) is 0 Å². The molecular formula is C15H23F3N2O. The van der Waals surface area contributed by atoms with Crippen LogP contribution in [0.25, 0.3) is 0 Å². The molecular weight excluding hydrogens is 281 g/mol. The van der Waals surface area contributed by atoms with Gasteiger partial charge in [-0.05, 0) is 57.4 Å². The normalized spacial score (nSPS) is 23.5. The van der Waals surface area contributed by atoms with Gasteiger partial charge in [0.2, 0.25) is 0 Å². The molecule has 3 nitrogen and oxygen atoms in total. The average Bonchev–Trinajstić information content (AvgIpc) is 3.24. The van der Waals surface area contributed by atoms with E-state index in [9.17, 15) is 13.2 Å². The topological polar surface area (TPSA) is 45.0 Å². The molecule has 6 heteroatoms. The number of alkyl halides is 3. The van der Waals surface area contributed by atoms with Crippen LogP contribution in [0.5, 0.6) is 0 Å². The molecule has 1 N–H and O–H groups in total. The van der Waals surface area contributed by atoms with E-state index in [-0.39, 0.29) is 25.7 Å². The fraction of sp³-hybridized carbons (Fsp3) is 0.933. The largest absolute Gasteiger partial charge is 0.394 e. The van der Waals surface area contributed by atoms with Crippen molar-refractivity contribution in [2.45, 2.75) is 57.2 Å². The van der Waals surface area contributed by atoms with Crippen molar-refractivity contribution in [2.24, 2.45) is 11.3 Å². The molecule has 120 valence electrons. The summed E-state index contributed by atoms with van der Waals surface area (Å²) in [5.74, 6) is 0.607. The van der Waals surface area contributed by atoms with Crippen LogP contribution in [0.2, 0.25) is 0 Å². The lowest BCUT2D eigenvalue weighted by molar-refractivity contribution is -0.189. The van der Waals surface area contributed by atoms with E-state index in [2.05, 4.69) is 11.4 Å². The van der Waals surface area contributed by atoms with Gasteiger partial charge in [0.05, 0.1) is 17.5 Å². The number of nitrogens with zero attached hydrogens (tertiary/aromatic N) is 1. The molecule has 0 aromatic rings. The summed E-state index contributed by atoms with van der Waals surface area (Å²) in [6.45, 7) is 2.28. The van der Waals surface area contributed by atoms with Gasteiger partial charge in [-0.3, -0.25) is 0 Å². The van der Waals surface area contributed by atoms with E-state index in [1.165, 1.54) is 0 Å². The van der Waals surface area contributed by atoms with E-state index in [0.29, 0.717) is 12.5 Å². The molecule has 1 saturated carbocycles. The van der Waals surface area contributed by atoms with Gasteiger partial charge in [-0.2, -0.15) is 18.4 Å². The zero-order valence-electron chi connectivity index (χ0n) is 12.2. The molecule has 21 heavy (non-hydrogen) atoms. The number of hydrogen-bond donors (Lipinski definition) is 1. The van der Waals surface area contributed by atoms with Crippen LogP contribution in [-0.4, -0.2) is 32.0 Å². The summed E-state index contributed by atoms with van der Waals surface area (Å²) in [6.07, 6.45) is -0.288. The molecule has 1 saturated heterocycles. The van der Waals surface area contributed by atoms with Gasteiger partial charge in [-0.15, -0.1) is 0 Å². The third-order valence-corrected chi connectivity index (χ3v) is 4.81. The standard InChI is InChI=1S/C15H23F3N2O/c16-15(17,18)14(6-7-14)5-1-13(11-19)20-8-2-12-3-9-21-10-4-12/h12-13,20H,1-10H2. The molecule has 2 aliphatic rings. The lowest BCUT2D eigenvalue weighted by atomic mass is 9.95. The van der Waals surface area contributed by atoms with Crippen LogP contribution in [0, 0.1) is 22.7 Å². The first-order valence-electron chi connectivity index (χ1n) is 7.74. The lowest BCUT2D eigenvalue weighted by Crippen LogP contribution is -2.33. The summed E-state index contributed by atoms with van der Waals surface area (Å²) >= 11 is 0. The summed E-state index contributed by atoms with van der Waals surface area (Å²) < 4.78 is 43.8. The highest BCUT2D eigenvalue weighted by atomic mass is 19.4. The van der Waals surface area contributed by atoms with Crippen molar-refractivity contribution in [1.29, 1.82) is 5.26 Å². The number of rotatable bonds is 7. The van der Waals surface area contributed by atoms with Gasteiger partial charge in [0.15, 0.2) is 0 Å². The first-order valence-corrected chi connectivity index (χ1v) is 7.74. The van der Waals surface area contributed by atoms with Crippen LogP contribution in [0.15, 0.2) is 0 Å². The molecule has 0 aromatic heterocycles. The highest BCUT2D eigenvalue weighted by Gasteiger charge is 2.62. The second-order valence-electron chi connectivity index (χ2n) is 6.30. The van der Waals surface area contributed by atoms with Crippen molar-refractivity contribution in [2.75, 3.05) is 19.8 Å². The molecule has 1 heterocycles. The van der Waals surface area contributed by atoms with Crippen LogP contribution < -0.4 is 5.32 Å². The summed E-state index contributed by atoms with van der Waals surface area (Å²) in [6, 6.07) is 1.62. The van der Waals surface area contributed by atoms with Crippen molar-refractivity contribution in [3.8, 4) is 6.07 Å². The van der Waals surface area contributed by atoms with Gasteiger partial charge in [0.25, 0.3) is 0 Å². The Morgan fingerprint density at radius 2 is 1.95 bits per heavy atom. The predicted octanol–water partition coefficient (Wildman–Crippen LogP) is 3.41. The number of hydrogen-bond acceptors (Lipinski definition) is 3. The summed E-state index contributed by atoms with van der Waals surface area (Å²) in [5, 5.41) is 12.2. The SMILES string of the molecule is N#CC(CCC1(C(F)(F)F)CC1)NCCC1CCOCC1. The minimum atomic E-state index is -4.12. The van der Waals surface area contributed by atoms with Crippen LogP contribution in [0.1, 0.15) is 44.9 Å². The monoisotopic (exact) mass is 304 g/mol. The Morgan fingerprint density at radius 1 is 1.29 bits per heavy atom. The van der Waals surface area contributed by atoms with Gasteiger partial charge >= 0.3 is 6.18 Å². The molecule has 1 unspecified atom stereocenters. The Bertz CT molecular complexity index is 368. The van der Waals surface area contributed by atoms with Crippen molar-refractivity contribution in [3.63, 3.8) is 0 Å². The maximum absolute atomic E-state index is 12.8. The van der Waals surface area contributed by atoms with Gasteiger partial charge in [0.1, 0.15) is 0 Å². The third kappa shape index (κ3) is 4.58. The molecule has 1 aliphatic carbocycles. The van der Waals surface area contributed by atoms with Gasteiger partial charge in [-0.25, -0.2) is 0 Å². The van der Waals surface area contributed by atoms with E-state index in [1.807, 2.05) is 0 Å². The Hall–Kier alpha value is -0.800. The van der Waals surface area contributed by atoms with Crippen molar-refractivity contribution in [1.82, 2.24) is 5.32 Å². The molecule has 0 bridgehead atoms. The summed E-state index contributed by atoms with van der Waals surface area (Å²) in [7, 11) is 0. The summed E-state index contributed by atoms with van der Waals surface area (Å²) in [4.78, 5) is 0. The van der Waals surface area contributed by atoms with Crippen LogP contribution in [-0.2, 0) is 4.74 Å². The maximum Gasteiger partial charge on any atom is 0.394 e. The lowest BCUT2D eigenvalue weighted by Gasteiger charge is -2.23. The molecule has 0 aromatic carbocycles. The van der Waals surface area contributed by atoms with E-state index in [0.717, 1.165) is 32.5 Å². The van der Waals surface area contributed by atoms with Crippen molar-refractivity contribution in [3.05, 3.63) is 0 Å². The first-order chi connectivity index (χ1) is 9.97. The molecule has 2 rings (SSSR count). The van der Waals surface area contributed by atoms with Gasteiger partial charge in [-0.1, -0.05) is 0 Å². The minimum absolute atomic E-state index is 0.0684. The predicted molar refractivity (Wildman–Crippen MR) is 72.5 cm³/mol. The van der Waals surface area contributed by atoms with Crippen molar-refractivity contribution < 1.29 is 17.9 Å².